The van der Waals surface area contributed by atoms with E-state index in [-0.39, 0.29) is 6.04 Å². The van der Waals surface area contributed by atoms with E-state index in [2.05, 4.69) is 45.1 Å². The van der Waals surface area contributed by atoms with Gasteiger partial charge in [0.25, 0.3) is 0 Å². The smallest absolute Gasteiger partial charge is 0.190 e. The van der Waals surface area contributed by atoms with Gasteiger partial charge in [-0.3, -0.25) is 15.4 Å². The van der Waals surface area contributed by atoms with Crippen LogP contribution in [-0.2, 0) is 11.3 Å². The minimum absolute atomic E-state index is 0.0411. The molecule has 1 aliphatic heterocycles. The van der Waals surface area contributed by atoms with Crippen LogP contribution < -0.4 is 21.7 Å². The van der Waals surface area contributed by atoms with Crippen molar-refractivity contribution >= 4 is 29.1 Å². The first-order valence-corrected chi connectivity index (χ1v) is 9.13. The second-order valence-corrected chi connectivity index (χ2v) is 6.59. The average Bonchev–Trinajstić information content (AvgIpc) is 3.35. The molecule has 0 bridgehead atoms. The number of rotatable bonds is 6. The van der Waals surface area contributed by atoms with Crippen LogP contribution in [0.25, 0.3) is 11.2 Å². The van der Waals surface area contributed by atoms with E-state index in [1.54, 1.807) is 26.6 Å². The average molecular weight is 393 g/mol. The summed E-state index contributed by atoms with van der Waals surface area (Å²) in [5.74, 6) is 1.33. The van der Waals surface area contributed by atoms with Gasteiger partial charge in [-0.15, -0.1) is 5.53 Å². The van der Waals surface area contributed by atoms with Crippen molar-refractivity contribution in [3.05, 3.63) is 53.9 Å². The van der Waals surface area contributed by atoms with Gasteiger partial charge < -0.3 is 14.9 Å². The molecule has 1 atom stereocenters. The van der Waals surface area contributed by atoms with Crippen LogP contribution in [0.2, 0.25) is 0 Å². The van der Waals surface area contributed by atoms with Crippen LogP contribution in [0.5, 0.6) is 0 Å². The molecule has 1 aliphatic rings. The molecule has 0 radical (unpaired) electrons. The molecule has 0 saturated carbocycles. The Morgan fingerprint density at radius 2 is 2.21 bits per heavy atom. The molecular formula is C19H23N9O. The molecule has 3 aromatic rings. The monoisotopic (exact) mass is 393 g/mol. The SMILES string of the molecule is CN=CC(=CN)c1cnc2c(n1)N(C(C)c1ccc3ncc(COC)n3c1)NN2. The van der Waals surface area contributed by atoms with Crippen LogP contribution in [-0.4, -0.2) is 39.7 Å². The van der Waals surface area contributed by atoms with Gasteiger partial charge >= 0.3 is 0 Å². The molecule has 150 valence electrons. The third-order valence-electron chi connectivity index (χ3n) is 4.79. The Balaban J connectivity index is 1.68. The molecule has 10 heteroatoms. The lowest BCUT2D eigenvalue weighted by atomic mass is 10.1. The summed E-state index contributed by atoms with van der Waals surface area (Å²) in [7, 11) is 3.36. The van der Waals surface area contributed by atoms with E-state index >= 15 is 0 Å². The van der Waals surface area contributed by atoms with E-state index in [9.17, 15) is 0 Å². The molecule has 4 rings (SSSR count). The molecule has 4 heterocycles. The van der Waals surface area contributed by atoms with Crippen molar-refractivity contribution in [1.82, 2.24) is 24.9 Å². The van der Waals surface area contributed by atoms with Crippen molar-refractivity contribution in [2.45, 2.75) is 19.6 Å². The van der Waals surface area contributed by atoms with E-state index < -0.39 is 0 Å². The number of imidazole rings is 1. The van der Waals surface area contributed by atoms with Crippen molar-refractivity contribution < 1.29 is 4.74 Å². The summed E-state index contributed by atoms with van der Waals surface area (Å²) in [6.45, 7) is 2.58. The topological polar surface area (TPSA) is 118 Å². The van der Waals surface area contributed by atoms with Crippen LogP contribution in [0.15, 0.2) is 41.9 Å². The minimum Gasteiger partial charge on any atom is -0.404 e. The highest BCUT2D eigenvalue weighted by atomic mass is 16.5. The molecule has 4 N–H and O–H groups in total. The summed E-state index contributed by atoms with van der Waals surface area (Å²) in [5, 5.41) is 1.93. The largest absolute Gasteiger partial charge is 0.404 e. The molecule has 0 spiro atoms. The maximum absolute atomic E-state index is 5.72. The third-order valence-corrected chi connectivity index (χ3v) is 4.79. The highest BCUT2D eigenvalue weighted by molar-refractivity contribution is 6.08. The number of aromatic nitrogens is 4. The molecule has 10 nitrogen and oxygen atoms in total. The first kappa shape index (κ1) is 18.8. The first-order chi connectivity index (χ1) is 14.2. The number of allylic oxidation sites excluding steroid dienone is 1. The molecule has 0 amide bonds. The van der Waals surface area contributed by atoms with Gasteiger partial charge in [-0.1, -0.05) is 6.07 Å². The summed E-state index contributed by atoms with van der Waals surface area (Å²) in [6.07, 6.45) is 8.68. The van der Waals surface area contributed by atoms with Crippen LogP contribution in [0.3, 0.4) is 0 Å². The van der Waals surface area contributed by atoms with E-state index in [0.717, 1.165) is 16.9 Å². The van der Waals surface area contributed by atoms with Crippen molar-refractivity contribution in [1.29, 1.82) is 0 Å². The van der Waals surface area contributed by atoms with Gasteiger partial charge in [-0.05, 0) is 18.6 Å². The molecule has 1 unspecified atom stereocenters. The number of hydrogen-bond donors (Lipinski definition) is 3. The zero-order valence-electron chi connectivity index (χ0n) is 16.5. The molecule has 0 aromatic carbocycles. The molecule has 0 aliphatic carbocycles. The second-order valence-electron chi connectivity index (χ2n) is 6.59. The predicted octanol–water partition coefficient (Wildman–Crippen LogP) is 1.68. The first-order valence-electron chi connectivity index (χ1n) is 9.13. The summed E-state index contributed by atoms with van der Waals surface area (Å²) < 4.78 is 7.31. The van der Waals surface area contributed by atoms with E-state index in [1.165, 1.54) is 6.20 Å². The Hall–Kier alpha value is -3.50. The van der Waals surface area contributed by atoms with Crippen LogP contribution in [0.4, 0.5) is 11.6 Å². The van der Waals surface area contributed by atoms with Crippen molar-refractivity contribution in [3.63, 3.8) is 0 Å². The number of anilines is 2. The lowest BCUT2D eigenvalue weighted by molar-refractivity contribution is 0.181. The van der Waals surface area contributed by atoms with Gasteiger partial charge in [0.15, 0.2) is 11.6 Å². The number of methoxy groups -OCH3 is 1. The van der Waals surface area contributed by atoms with Gasteiger partial charge in [0, 0.05) is 38.3 Å². The van der Waals surface area contributed by atoms with Gasteiger partial charge in [0.2, 0.25) is 0 Å². The fourth-order valence-electron chi connectivity index (χ4n) is 3.25. The van der Waals surface area contributed by atoms with E-state index in [0.29, 0.717) is 29.5 Å². The van der Waals surface area contributed by atoms with Gasteiger partial charge in [0.1, 0.15) is 5.65 Å². The Morgan fingerprint density at radius 3 is 2.97 bits per heavy atom. The number of fused-ring (bicyclic) bond motifs is 2. The number of hydrogen-bond acceptors (Lipinski definition) is 9. The molecule has 0 saturated heterocycles. The van der Waals surface area contributed by atoms with Crippen LogP contribution in [0, 0.1) is 0 Å². The second kappa shape index (κ2) is 7.86. The zero-order chi connectivity index (χ0) is 20.4. The quantitative estimate of drug-likeness (QED) is 0.542. The standard InChI is InChI=1S/C19H23N9O/c1-12(13-4-5-17-22-8-15(11-29-3)27(17)10-13)28-19-18(25-26-28)23-9-16(24-19)14(6-20)7-21-2/h4-10,12,26H,11,20H2,1-3H3,(H,23,25). The van der Waals surface area contributed by atoms with Gasteiger partial charge in [-0.2, -0.15) is 0 Å². The number of nitrogens with one attached hydrogen (secondary N) is 2. The Labute approximate surface area is 168 Å². The highest BCUT2D eigenvalue weighted by Gasteiger charge is 2.28. The minimum atomic E-state index is -0.0411. The number of nitrogens with two attached hydrogens (primary N) is 1. The normalized spacial score (nSPS) is 15.1. The summed E-state index contributed by atoms with van der Waals surface area (Å²) >= 11 is 0. The fraction of sp³-hybridized carbons (Fsp3) is 0.263. The van der Waals surface area contributed by atoms with Crippen LogP contribution in [0.1, 0.15) is 29.9 Å². The maximum atomic E-state index is 5.72. The molecular weight excluding hydrogens is 370 g/mol. The van der Waals surface area contributed by atoms with Crippen LogP contribution >= 0.6 is 0 Å². The summed E-state index contributed by atoms with van der Waals surface area (Å²) in [5.41, 5.74) is 16.2. The Bertz CT molecular complexity index is 1090. The van der Waals surface area contributed by atoms with Gasteiger partial charge in [-0.25, -0.2) is 15.0 Å². The van der Waals surface area contributed by atoms with Crippen molar-refractivity contribution in [3.8, 4) is 0 Å². The number of nitrogens with zero attached hydrogens (tertiary/aromatic N) is 6. The van der Waals surface area contributed by atoms with Crippen molar-refractivity contribution in [2.24, 2.45) is 10.7 Å². The Morgan fingerprint density at radius 1 is 1.34 bits per heavy atom. The molecule has 3 aromatic heterocycles. The molecule has 29 heavy (non-hydrogen) atoms. The zero-order valence-corrected chi connectivity index (χ0v) is 16.5. The number of aliphatic imine (C=N–C) groups is 1. The maximum Gasteiger partial charge on any atom is 0.190 e. The number of ether oxygens (including phenoxy) is 1. The number of hydrazine groups is 2. The lowest BCUT2D eigenvalue weighted by Gasteiger charge is -2.25. The number of pyridine rings is 1. The lowest BCUT2D eigenvalue weighted by Crippen LogP contribution is -2.38. The fourth-order valence-corrected chi connectivity index (χ4v) is 3.25. The van der Waals surface area contributed by atoms with E-state index in [1.807, 2.05) is 21.7 Å². The predicted molar refractivity (Wildman–Crippen MR) is 112 cm³/mol. The van der Waals surface area contributed by atoms with Gasteiger partial charge in [0.05, 0.1) is 36.4 Å². The van der Waals surface area contributed by atoms with Crippen molar-refractivity contribution in [2.75, 3.05) is 24.6 Å². The highest BCUT2D eigenvalue weighted by Crippen LogP contribution is 2.32. The summed E-state index contributed by atoms with van der Waals surface area (Å²) in [6, 6.07) is 4.00. The third kappa shape index (κ3) is 3.39. The Kier molecular flexibility index (Phi) is 5.10. The van der Waals surface area contributed by atoms with E-state index in [4.69, 9.17) is 15.5 Å². The molecule has 0 fully saturated rings. The summed E-state index contributed by atoms with van der Waals surface area (Å²) in [4.78, 5) is 17.6.